The van der Waals surface area contributed by atoms with Crippen molar-refractivity contribution >= 4 is 17.5 Å². The average molecular weight is 270 g/mol. The van der Waals surface area contributed by atoms with Crippen molar-refractivity contribution in [2.75, 3.05) is 0 Å². The molecule has 1 aliphatic carbocycles. The maximum atomic E-state index is 12.3. The number of hydrogen-bond donors (Lipinski definition) is 1. The molecule has 0 bridgehead atoms. The Kier molecular flexibility index (Phi) is 3.94. The van der Waals surface area contributed by atoms with E-state index in [1.807, 2.05) is 6.92 Å². The van der Waals surface area contributed by atoms with Crippen LogP contribution in [0.3, 0.4) is 0 Å². The third kappa shape index (κ3) is 2.59. The standard InChI is InChI=1S/C16H14O4/c1-2-5-10(16(19)20)8-11-9-14(17)12-6-3-4-7-13(12)15(11)18/h3-4,6-9H,2,5H2,1H3,(H,19,20)/b10-8+. The van der Waals surface area contributed by atoms with Gasteiger partial charge >= 0.3 is 5.97 Å². The fourth-order valence-electron chi connectivity index (χ4n) is 2.14. The molecule has 0 spiro atoms. The van der Waals surface area contributed by atoms with E-state index in [1.54, 1.807) is 24.3 Å². The number of carbonyl (C=O) groups excluding carboxylic acids is 2. The molecule has 0 aromatic heterocycles. The van der Waals surface area contributed by atoms with Crippen LogP contribution in [0.2, 0.25) is 0 Å². The van der Waals surface area contributed by atoms with Crippen LogP contribution in [0, 0.1) is 0 Å². The predicted molar refractivity (Wildman–Crippen MR) is 73.8 cm³/mol. The maximum absolute atomic E-state index is 12.3. The highest BCUT2D eigenvalue weighted by Gasteiger charge is 2.24. The molecule has 0 atom stereocenters. The fraction of sp³-hybridized carbons (Fsp3) is 0.188. The highest BCUT2D eigenvalue weighted by Crippen LogP contribution is 2.23. The molecule has 1 aliphatic rings. The topological polar surface area (TPSA) is 71.4 Å². The minimum absolute atomic E-state index is 0.138. The van der Waals surface area contributed by atoms with Gasteiger partial charge in [0.1, 0.15) is 0 Å². The SMILES string of the molecule is CCC/C(=C\C1=CC(=O)c2ccccc2C1=O)C(=O)O. The average Bonchev–Trinajstić information content (AvgIpc) is 2.43. The molecule has 0 saturated carbocycles. The normalized spacial score (nSPS) is 14.8. The largest absolute Gasteiger partial charge is 0.478 e. The summed E-state index contributed by atoms with van der Waals surface area (Å²) in [5, 5.41) is 9.09. The summed E-state index contributed by atoms with van der Waals surface area (Å²) in [5.41, 5.74) is 0.966. The Labute approximate surface area is 116 Å². The van der Waals surface area contributed by atoms with Gasteiger partial charge in [0.25, 0.3) is 0 Å². The van der Waals surface area contributed by atoms with Crippen molar-refractivity contribution in [2.45, 2.75) is 19.8 Å². The van der Waals surface area contributed by atoms with Crippen molar-refractivity contribution in [3.63, 3.8) is 0 Å². The molecule has 102 valence electrons. The minimum atomic E-state index is -1.06. The summed E-state index contributed by atoms with van der Waals surface area (Å²) in [6.07, 6.45) is 3.53. The van der Waals surface area contributed by atoms with Crippen LogP contribution in [0.25, 0.3) is 0 Å². The maximum Gasteiger partial charge on any atom is 0.331 e. The molecule has 2 rings (SSSR count). The molecule has 1 aromatic rings. The zero-order chi connectivity index (χ0) is 14.7. The number of carbonyl (C=O) groups is 3. The summed E-state index contributed by atoms with van der Waals surface area (Å²) in [5.74, 6) is -1.64. The van der Waals surface area contributed by atoms with Gasteiger partial charge in [-0.1, -0.05) is 37.6 Å². The number of rotatable bonds is 4. The third-order valence-corrected chi connectivity index (χ3v) is 3.11. The number of carboxylic acids is 1. The van der Waals surface area contributed by atoms with Gasteiger partial charge < -0.3 is 5.11 Å². The van der Waals surface area contributed by atoms with Crippen molar-refractivity contribution in [2.24, 2.45) is 0 Å². The first-order chi connectivity index (χ1) is 9.54. The second-order valence-electron chi connectivity index (χ2n) is 4.56. The second kappa shape index (κ2) is 5.65. The fourth-order valence-corrected chi connectivity index (χ4v) is 2.14. The van der Waals surface area contributed by atoms with E-state index in [0.717, 1.165) is 0 Å². The van der Waals surface area contributed by atoms with Gasteiger partial charge in [-0.3, -0.25) is 9.59 Å². The molecule has 0 radical (unpaired) electrons. The van der Waals surface area contributed by atoms with E-state index < -0.39 is 5.97 Å². The van der Waals surface area contributed by atoms with Crippen LogP contribution in [0.1, 0.15) is 40.5 Å². The van der Waals surface area contributed by atoms with E-state index in [9.17, 15) is 14.4 Å². The van der Waals surface area contributed by atoms with Gasteiger partial charge in [-0.05, 0) is 18.6 Å². The number of aliphatic carboxylic acids is 1. The highest BCUT2D eigenvalue weighted by molar-refractivity contribution is 6.25. The molecular weight excluding hydrogens is 256 g/mol. The van der Waals surface area contributed by atoms with Gasteiger partial charge in [0.2, 0.25) is 0 Å². The number of hydrogen-bond acceptors (Lipinski definition) is 3. The Morgan fingerprint density at radius 3 is 2.45 bits per heavy atom. The summed E-state index contributed by atoms with van der Waals surface area (Å²) >= 11 is 0. The Balaban J connectivity index is 2.45. The summed E-state index contributed by atoms with van der Waals surface area (Å²) in [7, 11) is 0. The van der Waals surface area contributed by atoms with E-state index in [0.29, 0.717) is 24.0 Å². The number of ketones is 2. The Morgan fingerprint density at radius 2 is 1.85 bits per heavy atom. The molecule has 4 nitrogen and oxygen atoms in total. The molecule has 0 fully saturated rings. The van der Waals surface area contributed by atoms with Crippen LogP contribution in [-0.2, 0) is 4.79 Å². The van der Waals surface area contributed by atoms with Crippen LogP contribution in [0.5, 0.6) is 0 Å². The van der Waals surface area contributed by atoms with E-state index in [4.69, 9.17) is 5.11 Å². The first-order valence-corrected chi connectivity index (χ1v) is 6.38. The molecule has 1 aromatic carbocycles. The summed E-state index contributed by atoms with van der Waals surface area (Å²) < 4.78 is 0. The first kappa shape index (κ1) is 13.9. The van der Waals surface area contributed by atoms with Gasteiger partial charge in [-0.25, -0.2) is 4.79 Å². The molecule has 0 heterocycles. The van der Waals surface area contributed by atoms with Crippen molar-refractivity contribution in [3.8, 4) is 0 Å². The van der Waals surface area contributed by atoms with Gasteiger partial charge in [0, 0.05) is 22.3 Å². The van der Waals surface area contributed by atoms with E-state index in [1.165, 1.54) is 12.2 Å². The minimum Gasteiger partial charge on any atom is -0.478 e. The van der Waals surface area contributed by atoms with Crippen LogP contribution in [-0.4, -0.2) is 22.6 Å². The van der Waals surface area contributed by atoms with Crippen molar-refractivity contribution in [1.82, 2.24) is 0 Å². The molecule has 0 unspecified atom stereocenters. The molecule has 0 saturated heterocycles. The van der Waals surface area contributed by atoms with Crippen LogP contribution < -0.4 is 0 Å². The molecule has 0 aliphatic heterocycles. The number of carboxylic acid groups (broad SMARTS) is 1. The van der Waals surface area contributed by atoms with Gasteiger partial charge in [-0.2, -0.15) is 0 Å². The van der Waals surface area contributed by atoms with Crippen molar-refractivity contribution < 1.29 is 19.5 Å². The molecular formula is C16H14O4. The monoisotopic (exact) mass is 270 g/mol. The van der Waals surface area contributed by atoms with Gasteiger partial charge in [0.05, 0.1) is 0 Å². The Hall–Kier alpha value is -2.49. The van der Waals surface area contributed by atoms with Gasteiger partial charge in [-0.15, -0.1) is 0 Å². The zero-order valence-corrected chi connectivity index (χ0v) is 11.1. The first-order valence-electron chi connectivity index (χ1n) is 6.38. The zero-order valence-electron chi connectivity index (χ0n) is 11.1. The molecule has 4 heteroatoms. The lowest BCUT2D eigenvalue weighted by Gasteiger charge is -2.13. The lowest BCUT2D eigenvalue weighted by atomic mass is 9.88. The predicted octanol–water partition coefficient (Wildman–Crippen LogP) is 2.80. The van der Waals surface area contributed by atoms with E-state index in [2.05, 4.69) is 0 Å². The van der Waals surface area contributed by atoms with E-state index in [-0.39, 0.29) is 22.7 Å². The second-order valence-corrected chi connectivity index (χ2v) is 4.56. The third-order valence-electron chi connectivity index (χ3n) is 3.11. The van der Waals surface area contributed by atoms with Crippen LogP contribution in [0.15, 0.2) is 47.6 Å². The molecule has 1 N–H and O–H groups in total. The van der Waals surface area contributed by atoms with Crippen molar-refractivity contribution in [3.05, 3.63) is 58.7 Å². The Bertz CT molecular complexity index is 650. The van der Waals surface area contributed by atoms with Crippen LogP contribution in [0.4, 0.5) is 0 Å². The summed E-state index contributed by atoms with van der Waals surface area (Å²) in [6, 6.07) is 6.55. The molecule has 20 heavy (non-hydrogen) atoms. The smallest absolute Gasteiger partial charge is 0.331 e. The van der Waals surface area contributed by atoms with Crippen molar-refractivity contribution in [1.29, 1.82) is 0 Å². The van der Waals surface area contributed by atoms with Crippen LogP contribution >= 0.6 is 0 Å². The highest BCUT2D eigenvalue weighted by atomic mass is 16.4. The Morgan fingerprint density at radius 1 is 1.20 bits per heavy atom. The van der Waals surface area contributed by atoms with E-state index >= 15 is 0 Å². The lowest BCUT2D eigenvalue weighted by Crippen LogP contribution is -2.16. The number of benzene rings is 1. The lowest BCUT2D eigenvalue weighted by molar-refractivity contribution is -0.132. The number of allylic oxidation sites excluding steroid dienone is 3. The van der Waals surface area contributed by atoms with Gasteiger partial charge in [0.15, 0.2) is 11.6 Å². The number of fused-ring (bicyclic) bond motifs is 1. The summed E-state index contributed by atoms with van der Waals surface area (Å²) in [4.78, 5) is 35.3. The summed E-state index contributed by atoms with van der Waals surface area (Å²) in [6.45, 7) is 1.86. The molecule has 0 amide bonds. The quantitative estimate of drug-likeness (QED) is 0.854. The number of Topliss-reactive ketones (excluding diaryl/α,β-unsaturated/α-hetero) is 1.